The zero-order valence-corrected chi connectivity index (χ0v) is 7.81. The topological polar surface area (TPSA) is 3.24 Å². The van der Waals surface area contributed by atoms with Crippen molar-refractivity contribution in [3.8, 4) is 0 Å². The molecule has 0 aromatic rings. The van der Waals surface area contributed by atoms with Gasteiger partial charge in [-0.1, -0.05) is 15.9 Å². The van der Waals surface area contributed by atoms with E-state index in [1.165, 1.54) is 32.4 Å². The Morgan fingerprint density at radius 2 is 2.30 bits per heavy atom. The van der Waals surface area contributed by atoms with Crippen molar-refractivity contribution in [1.29, 1.82) is 0 Å². The van der Waals surface area contributed by atoms with Gasteiger partial charge in [-0.25, -0.2) is 0 Å². The van der Waals surface area contributed by atoms with Gasteiger partial charge in [0.1, 0.15) is 0 Å². The summed E-state index contributed by atoms with van der Waals surface area (Å²) in [5.74, 6) is 1.06. The number of alkyl halides is 1. The standard InChI is InChI=1S/C8H14BrN/c9-3-4-10-6-7-1-2-8(10)5-7/h7-8H,1-6H2. The minimum Gasteiger partial charge on any atom is -0.299 e. The summed E-state index contributed by atoms with van der Waals surface area (Å²) in [5.41, 5.74) is 0. The van der Waals surface area contributed by atoms with Crippen LogP contribution in [0.5, 0.6) is 0 Å². The summed E-state index contributed by atoms with van der Waals surface area (Å²) in [6, 6.07) is 0.961. The Kier molecular flexibility index (Phi) is 2.01. The molecule has 2 bridgehead atoms. The molecule has 58 valence electrons. The SMILES string of the molecule is BrCCN1CC2CCC1C2. The minimum absolute atomic E-state index is 0.961. The number of hydrogen-bond donors (Lipinski definition) is 0. The van der Waals surface area contributed by atoms with E-state index in [1.807, 2.05) is 0 Å². The molecular weight excluding hydrogens is 190 g/mol. The molecule has 0 amide bonds. The van der Waals surface area contributed by atoms with E-state index in [2.05, 4.69) is 20.8 Å². The predicted octanol–water partition coefficient (Wildman–Crippen LogP) is 1.87. The molecule has 2 heteroatoms. The summed E-state index contributed by atoms with van der Waals surface area (Å²) in [6.07, 6.45) is 4.47. The molecule has 0 aromatic heterocycles. The summed E-state index contributed by atoms with van der Waals surface area (Å²) in [6.45, 7) is 2.65. The van der Waals surface area contributed by atoms with Crippen LogP contribution in [0.25, 0.3) is 0 Å². The number of likely N-dealkylation sites (tertiary alicyclic amines) is 1. The molecule has 2 atom stereocenters. The molecular formula is C8H14BrN. The molecule has 1 aliphatic carbocycles. The van der Waals surface area contributed by atoms with Crippen molar-refractivity contribution in [3.05, 3.63) is 0 Å². The van der Waals surface area contributed by atoms with E-state index >= 15 is 0 Å². The van der Waals surface area contributed by atoms with E-state index in [0.717, 1.165) is 17.3 Å². The highest BCUT2D eigenvalue weighted by Gasteiger charge is 2.36. The second-order valence-electron chi connectivity index (χ2n) is 3.52. The first-order valence-corrected chi connectivity index (χ1v) is 5.32. The molecule has 1 aliphatic heterocycles. The maximum absolute atomic E-state index is 3.49. The van der Waals surface area contributed by atoms with Gasteiger partial charge < -0.3 is 0 Å². The zero-order chi connectivity index (χ0) is 6.97. The largest absolute Gasteiger partial charge is 0.299 e. The number of rotatable bonds is 2. The van der Waals surface area contributed by atoms with Gasteiger partial charge in [-0.05, 0) is 25.2 Å². The van der Waals surface area contributed by atoms with Gasteiger partial charge in [0.2, 0.25) is 0 Å². The third-order valence-electron chi connectivity index (χ3n) is 2.89. The Hall–Kier alpha value is 0.440. The van der Waals surface area contributed by atoms with Gasteiger partial charge in [0.25, 0.3) is 0 Å². The lowest BCUT2D eigenvalue weighted by Gasteiger charge is -2.25. The van der Waals surface area contributed by atoms with Crippen molar-refractivity contribution >= 4 is 15.9 Å². The van der Waals surface area contributed by atoms with Crippen LogP contribution < -0.4 is 0 Å². The fourth-order valence-corrected chi connectivity index (χ4v) is 2.86. The van der Waals surface area contributed by atoms with Gasteiger partial charge in [-0.2, -0.15) is 0 Å². The van der Waals surface area contributed by atoms with Crippen LogP contribution in [0.2, 0.25) is 0 Å². The molecule has 1 nitrogen and oxygen atoms in total. The average Bonchev–Trinajstić information content (AvgIpc) is 2.48. The van der Waals surface area contributed by atoms with E-state index in [4.69, 9.17) is 0 Å². The molecule has 1 saturated heterocycles. The molecule has 0 radical (unpaired) electrons. The fourth-order valence-electron chi connectivity index (χ4n) is 2.41. The van der Waals surface area contributed by atoms with Crippen molar-refractivity contribution in [2.24, 2.45) is 5.92 Å². The Labute approximate surface area is 70.9 Å². The predicted molar refractivity (Wildman–Crippen MR) is 46.5 cm³/mol. The van der Waals surface area contributed by atoms with Crippen LogP contribution in [0.4, 0.5) is 0 Å². The summed E-state index contributed by atoms with van der Waals surface area (Å²) in [7, 11) is 0. The Morgan fingerprint density at radius 3 is 2.80 bits per heavy atom. The van der Waals surface area contributed by atoms with Gasteiger partial charge in [-0.15, -0.1) is 0 Å². The van der Waals surface area contributed by atoms with E-state index < -0.39 is 0 Å². The third kappa shape index (κ3) is 1.12. The Morgan fingerprint density at radius 1 is 1.40 bits per heavy atom. The van der Waals surface area contributed by atoms with Crippen molar-refractivity contribution in [2.75, 3.05) is 18.4 Å². The van der Waals surface area contributed by atoms with E-state index in [-0.39, 0.29) is 0 Å². The van der Waals surface area contributed by atoms with Crippen molar-refractivity contribution in [3.63, 3.8) is 0 Å². The van der Waals surface area contributed by atoms with Crippen molar-refractivity contribution < 1.29 is 0 Å². The first-order chi connectivity index (χ1) is 4.90. The molecule has 2 fully saturated rings. The van der Waals surface area contributed by atoms with Crippen molar-refractivity contribution in [2.45, 2.75) is 25.3 Å². The molecule has 1 heterocycles. The summed E-state index contributed by atoms with van der Waals surface area (Å²) in [4.78, 5) is 2.64. The van der Waals surface area contributed by atoms with Crippen LogP contribution in [-0.2, 0) is 0 Å². The lowest BCUT2D eigenvalue weighted by atomic mass is 10.1. The smallest absolute Gasteiger partial charge is 0.0159 e. The Bertz CT molecular complexity index is 126. The van der Waals surface area contributed by atoms with Gasteiger partial charge >= 0.3 is 0 Å². The highest BCUT2D eigenvalue weighted by atomic mass is 79.9. The average molecular weight is 204 g/mol. The first-order valence-electron chi connectivity index (χ1n) is 4.20. The lowest BCUT2D eigenvalue weighted by molar-refractivity contribution is 0.227. The lowest BCUT2D eigenvalue weighted by Crippen LogP contribution is -2.33. The molecule has 2 aliphatic rings. The second kappa shape index (κ2) is 2.82. The third-order valence-corrected chi connectivity index (χ3v) is 3.25. The van der Waals surface area contributed by atoms with Crippen LogP contribution in [-0.4, -0.2) is 29.4 Å². The number of fused-ring (bicyclic) bond motifs is 2. The summed E-state index contributed by atoms with van der Waals surface area (Å²) < 4.78 is 0. The van der Waals surface area contributed by atoms with E-state index in [0.29, 0.717) is 0 Å². The van der Waals surface area contributed by atoms with Gasteiger partial charge in [0.05, 0.1) is 0 Å². The maximum atomic E-state index is 3.49. The van der Waals surface area contributed by atoms with Crippen LogP contribution >= 0.6 is 15.9 Å². The van der Waals surface area contributed by atoms with Gasteiger partial charge in [-0.3, -0.25) is 4.90 Å². The summed E-state index contributed by atoms with van der Waals surface area (Å²) in [5, 5.41) is 1.15. The van der Waals surface area contributed by atoms with Crippen LogP contribution in [0, 0.1) is 5.92 Å². The second-order valence-corrected chi connectivity index (χ2v) is 4.31. The van der Waals surface area contributed by atoms with Crippen LogP contribution in [0.3, 0.4) is 0 Å². The molecule has 1 saturated carbocycles. The normalized spacial score (nSPS) is 39.3. The van der Waals surface area contributed by atoms with E-state index in [1.54, 1.807) is 0 Å². The maximum Gasteiger partial charge on any atom is 0.0159 e. The molecule has 10 heavy (non-hydrogen) atoms. The van der Waals surface area contributed by atoms with Crippen molar-refractivity contribution in [1.82, 2.24) is 4.90 Å². The first kappa shape index (κ1) is 7.11. The number of halogens is 1. The zero-order valence-electron chi connectivity index (χ0n) is 6.22. The highest BCUT2D eigenvalue weighted by Crippen LogP contribution is 2.36. The highest BCUT2D eigenvalue weighted by molar-refractivity contribution is 9.09. The van der Waals surface area contributed by atoms with Crippen LogP contribution in [0.1, 0.15) is 19.3 Å². The van der Waals surface area contributed by atoms with Crippen LogP contribution in [0.15, 0.2) is 0 Å². The minimum atomic E-state index is 0.961. The fraction of sp³-hybridized carbons (Fsp3) is 1.00. The van der Waals surface area contributed by atoms with Gasteiger partial charge in [0, 0.05) is 24.5 Å². The Balaban J connectivity index is 1.90. The molecule has 0 spiro atoms. The summed E-state index contributed by atoms with van der Waals surface area (Å²) >= 11 is 3.49. The molecule has 0 N–H and O–H groups in total. The molecule has 2 rings (SSSR count). The monoisotopic (exact) mass is 203 g/mol. The number of piperidine rings is 1. The molecule has 0 aromatic carbocycles. The molecule has 2 unspecified atom stereocenters. The van der Waals surface area contributed by atoms with Gasteiger partial charge in [0.15, 0.2) is 0 Å². The quantitative estimate of drug-likeness (QED) is 0.620. The number of nitrogens with zero attached hydrogens (tertiary/aromatic N) is 1. The van der Waals surface area contributed by atoms with E-state index in [9.17, 15) is 0 Å². The number of hydrogen-bond acceptors (Lipinski definition) is 1.